The first-order valence-corrected chi connectivity index (χ1v) is 9.44. The van der Waals surface area contributed by atoms with E-state index in [2.05, 4.69) is 10.2 Å². The fourth-order valence-corrected chi connectivity index (χ4v) is 5.08. The van der Waals surface area contributed by atoms with Crippen LogP contribution in [-0.2, 0) is 15.0 Å². The molecule has 1 aromatic heterocycles. The summed E-state index contributed by atoms with van der Waals surface area (Å²) in [4.78, 5) is 12.3. The first kappa shape index (κ1) is 19.6. The molecule has 0 aliphatic carbocycles. The number of halogens is 3. The summed E-state index contributed by atoms with van der Waals surface area (Å²) in [6, 6.07) is 1.71. The Hall–Kier alpha value is -2.17. The summed E-state index contributed by atoms with van der Waals surface area (Å²) in [5.74, 6) is -4.80. The normalized spacial score (nSPS) is 27.7. The van der Waals surface area contributed by atoms with Gasteiger partial charge in [-0.25, -0.2) is 4.31 Å². The number of aromatic amines is 1. The second kappa shape index (κ2) is 6.77. The Bertz CT molecular complexity index is 878. The number of nitriles is 1. The van der Waals surface area contributed by atoms with E-state index in [4.69, 9.17) is 5.26 Å². The molecule has 0 saturated carbocycles. The van der Waals surface area contributed by atoms with Crippen molar-refractivity contribution in [1.82, 2.24) is 18.8 Å². The Morgan fingerprint density at radius 2 is 2.07 bits per heavy atom. The van der Waals surface area contributed by atoms with Gasteiger partial charge in [0.1, 0.15) is 6.07 Å². The Morgan fingerprint density at radius 3 is 2.63 bits per heavy atom. The third-order valence-electron chi connectivity index (χ3n) is 4.83. The zero-order valence-corrected chi connectivity index (χ0v) is 14.7. The maximum Gasteiger partial charge on any atom is 0.393 e. The van der Waals surface area contributed by atoms with Crippen LogP contribution in [0, 0.1) is 17.2 Å². The van der Waals surface area contributed by atoms with Crippen molar-refractivity contribution in [2.45, 2.75) is 31.0 Å². The van der Waals surface area contributed by atoms with E-state index in [1.807, 2.05) is 0 Å². The summed E-state index contributed by atoms with van der Waals surface area (Å²) in [5.41, 5.74) is -0.300. The second-order valence-corrected chi connectivity index (χ2v) is 8.35. The molecule has 148 valence electrons. The van der Waals surface area contributed by atoms with Gasteiger partial charge in [0.05, 0.1) is 29.5 Å². The van der Waals surface area contributed by atoms with Crippen molar-refractivity contribution in [1.29, 1.82) is 5.26 Å². The van der Waals surface area contributed by atoms with E-state index >= 15 is 0 Å². The molecule has 3 atom stereocenters. The number of hydrogen-bond donors (Lipinski definition) is 2. The zero-order valence-electron chi connectivity index (χ0n) is 13.8. The minimum atomic E-state index is -4.77. The number of aliphatic hydroxyl groups is 1. The predicted octanol–water partition coefficient (Wildman–Crippen LogP) is 0.0872. The Morgan fingerprint density at radius 1 is 1.37 bits per heavy atom. The Labute approximate surface area is 152 Å². The topological polar surface area (TPSA) is 130 Å². The molecule has 27 heavy (non-hydrogen) atoms. The number of aromatic nitrogens is 2. The van der Waals surface area contributed by atoms with E-state index in [0.717, 1.165) is 10.5 Å². The largest absolute Gasteiger partial charge is 0.393 e. The van der Waals surface area contributed by atoms with Gasteiger partial charge in [-0.2, -0.15) is 36.3 Å². The molecule has 3 unspecified atom stereocenters. The summed E-state index contributed by atoms with van der Waals surface area (Å²) in [5, 5.41) is 24.5. The van der Waals surface area contributed by atoms with Crippen molar-refractivity contribution in [3.63, 3.8) is 0 Å². The number of carbonyl (C=O) groups is 1. The van der Waals surface area contributed by atoms with Gasteiger partial charge in [0, 0.05) is 32.0 Å². The lowest BCUT2D eigenvalue weighted by atomic mass is 9.82. The summed E-state index contributed by atoms with van der Waals surface area (Å²) >= 11 is 0. The quantitative estimate of drug-likeness (QED) is 0.730. The molecule has 2 N–H and O–H groups in total. The highest BCUT2D eigenvalue weighted by Gasteiger charge is 2.54. The minimum absolute atomic E-state index is 0.0336. The van der Waals surface area contributed by atoms with E-state index < -0.39 is 53.2 Å². The number of rotatable bonds is 3. The maximum atomic E-state index is 13.5. The molecule has 0 aromatic carbocycles. The molecule has 1 aromatic rings. The number of alkyl halides is 3. The van der Waals surface area contributed by atoms with Crippen LogP contribution in [0.3, 0.4) is 0 Å². The Balaban J connectivity index is 1.98. The highest BCUT2D eigenvalue weighted by atomic mass is 32.2. The Kier molecular flexibility index (Phi) is 4.91. The van der Waals surface area contributed by atoms with Gasteiger partial charge in [0.2, 0.25) is 5.91 Å². The highest BCUT2D eigenvalue weighted by Crippen LogP contribution is 2.44. The molecule has 2 aliphatic rings. The highest BCUT2D eigenvalue weighted by molar-refractivity contribution is 7.87. The van der Waals surface area contributed by atoms with Crippen molar-refractivity contribution in [3.05, 3.63) is 17.5 Å². The van der Waals surface area contributed by atoms with E-state index in [0.29, 0.717) is 4.31 Å². The number of hydrogen-bond acceptors (Lipinski definition) is 6. The summed E-state index contributed by atoms with van der Waals surface area (Å²) < 4.78 is 67.2. The van der Waals surface area contributed by atoms with Crippen LogP contribution >= 0.6 is 0 Å². The van der Waals surface area contributed by atoms with Crippen molar-refractivity contribution in [2.75, 3.05) is 19.6 Å². The zero-order chi connectivity index (χ0) is 20.0. The molecule has 0 radical (unpaired) electrons. The van der Waals surface area contributed by atoms with Gasteiger partial charge < -0.3 is 5.11 Å². The average Bonchev–Trinajstić information content (AvgIpc) is 3.22. The van der Waals surface area contributed by atoms with Crippen LogP contribution in [0.2, 0.25) is 0 Å². The number of aliphatic hydroxyl groups excluding tert-OH is 1. The predicted molar refractivity (Wildman–Crippen MR) is 83.0 cm³/mol. The van der Waals surface area contributed by atoms with E-state index in [1.54, 1.807) is 6.07 Å². The molecule has 0 bridgehead atoms. The standard InChI is InChI=1S/C14H16F3N5O4S/c15-14(16,17)11-3-12(24)22(27(25,26)21-2-1-9(23)6-21)7-10(11)13-8(4-18)5-19-20-13/h5,9-11,23H,1-3,6-7H2,(H,19,20). The molecule has 2 saturated heterocycles. The molecule has 2 aliphatic heterocycles. The molecule has 9 nitrogen and oxygen atoms in total. The van der Waals surface area contributed by atoms with Crippen LogP contribution in [0.25, 0.3) is 0 Å². The number of β-amino-alcohol motifs (C(OH)–C–C–N with tert-alkyl or cyclic N) is 1. The molecule has 2 fully saturated rings. The molecule has 13 heteroatoms. The fraction of sp³-hybridized carbons (Fsp3) is 0.643. The first-order chi connectivity index (χ1) is 12.6. The lowest BCUT2D eigenvalue weighted by molar-refractivity contribution is -0.192. The SMILES string of the molecule is N#Cc1cn[nH]c1C1CN(S(=O)(=O)N2CCC(O)C2)C(=O)CC1C(F)(F)F. The van der Waals surface area contributed by atoms with Crippen LogP contribution < -0.4 is 0 Å². The number of piperidine rings is 1. The monoisotopic (exact) mass is 407 g/mol. The lowest BCUT2D eigenvalue weighted by Gasteiger charge is -2.39. The maximum absolute atomic E-state index is 13.5. The van der Waals surface area contributed by atoms with Crippen molar-refractivity contribution >= 4 is 16.1 Å². The van der Waals surface area contributed by atoms with Crippen LogP contribution in [0.4, 0.5) is 13.2 Å². The fourth-order valence-electron chi connectivity index (χ4n) is 3.43. The molecule has 1 amide bonds. The first-order valence-electron chi connectivity index (χ1n) is 8.04. The number of H-pyrrole nitrogens is 1. The molecular formula is C14H16F3N5O4S. The number of nitrogens with one attached hydrogen (secondary N) is 1. The van der Waals surface area contributed by atoms with Gasteiger partial charge in [-0.15, -0.1) is 0 Å². The van der Waals surface area contributed by atoms with Crippen LogP contribution in [-0.4, -0.2) is 70.2 Å². The van der Waals surface area contributed by atoms with Crippen LogP contribution in [0.1, 0.15) is 30.0 Å². The van der Waals surface area contributed by atoms with Gasteiger partial charge in [0.25, 0.3) is 0 Å². The van der Waals surface area contributed by atoms with Gasteiger partial charge >= 0.3 is 16.4 Å². The lowest BCUT2D eigenvalue weighted by Crippen LogP contribution is -2.54. The molecule has 0 spiro atoms. The van der Waals surface area contributed by atoms with Crippen LogP contribution in [0.5, 0.6) is 0 Å². The number of nitrogens with zero attached hydrogens (tertiary/aromatic N) is 4. The molecule has 3 rings (SSSR count). The van der Waals surface area contributed by atoms with Crippen LogP contribution in [0.15, 0.2) is 6.20 Å². The average molecular weight is 407 g/mol. The third kappa shape index (κ3) is 3.52. The summed E-state index contributed by atoms with van der Waals surface area (Å²) in [6.07, 6.45) is -5.49. The number of carbonyl (C=O) groups excluding carboxylic acids is 1. The molecule has 3 heterocycles. The van der Waals surface area contributed by atoms with Gasteiger partial charge in [-0.05, 0) is 6.42 Å². The summed E-state index contributed by atoms with van der Waals surface area (Å²) in [7, 11) is -4.38. The smallest absolute Gasteiger partial charge is 0.392 e. The van der Waals surface area contributed by atoms with Crippen molar-refractivity contribution < 1.29 is 31.5 Å². The van der Waals surface area contributed by atoms with E-state index in [9.17, 15) is 31.5 Å². The van der Waals surface area contributed by atoms with Crippen molar-refractivity contribution in [2.24, 2.45) is 5.92 Å². The van der Waals surface area contributed by atoms with Gasteiger partial charge in [-0.1, -0.05) is 0 Å². The van der Waals surface area contributed by atoms with Crippen molar-refractivity contribution in [3.8, 4) is 6.07 Å². The van der Waals surface area contributed by atoms with E-state index in [-0.39, 0.29) is 30.8 Å². The third-order valence-corrected chi connectivity index (χ3v) is 6.73. The summed E-state index contributed by atoms with van der Waals surface area (Å²) in [6.45, 7) is -1.03. The molecular weight excluding hydrogens is 391 g/mol. The van der Waals surface area contributed by atoms with Gasteiger partial charge in [0.15, 0.2) is 0 Å². The van der Waals surface area contributed by atoms with E-state index in [1.165, 1.54) is 0 Å². The number of amides is 1. The van der Waals surface area contributed by atoms with Gasteiger partial charge in [-0.3, -0.25) is 9.89 Å². The second-order valence-electron chi connectivity index (χ2n) is 6.50. The minimum Gasteiger partial charge on any atom is -0.392 e.